The Morgan fingerprint density at radius 1 is 1.59 bits per heavy atom. The minimum atomic E-state index is -0.918. The average Bonchev–Trinajstić information content (AvgIpc) is 2.29. The van der Waals surface area contributed by atoms with Crippen LogP contribution in [-0.4, -0.2) is 29.1 Å². The highest BCUT2D eigenvalue weighted by Crippen LogP contribution is 2.20. The summed E-state index contributed by atoms with van der Waals surface area (Å²) in [7, 11) is 0. The maximum atomic E-state index is 10.3. The number of aromatic nitrogens is 1. The molecule has 0 aliphatic heterocycles. The summed E-state index contributed by atoms with van der Waals surface area (Å²) in [6.07, 6.45) is 6.35. The lowest BCUT2D eigenvalue weighted by molar-refractivity contribution is -0.131. The number of hydrogen-bond acceptors (Lipinski definition) is 3. The molecular weight excluding hydrogens is 216 g/mol. The fraction of sp³-hybridized carbons (Fsp3) is 0.385. The lowest BCUT2D eigenvalue weighted by atomic mass is 9.86. The van der Waals surface area contributed by atoms with E-state index in [1.54, 1.807) is 12.3 Å². The highest BCUT2D eigenvalue weighted by Gasteiger charge is 2.19. The molecule has 0 atom stereocenters. The van der Waals surface area contributed by atoms with Crippen LogP contribution in [0.3, 0.4) is 0 Å². The van der Waals surface area contributed by atoms with Crippen molar-refractivity contribution in [2.75, 3.05) is 13.1 Å². The molecule has 0 bridgehead atoms. The number of aliphatic carboxylic acids is 1. The van der Waals surface area contributed by atoms with Crippen molar-refractivity contribution in [1.82, 2.24) is 10.3 Å². The van der Waals surface area contributed by atoms with Crippen molar-refractivity contribution in [3.05, 3.63) is 42.2 Å². The van der Waals surface area contributed by atoms with E-state index in [4.69, 9.17) is 5.11 Å². The fourth-order valence-corrected chi connectivity index (χ4v) is 1.49. The van der Waals surface area contributed by atoms with E-state index >= 15 is 0 Å². The van der Waals surface area contributed by atoms with Crippen LogP contribution in [0.25, 0.3) is 0 Å². The van der Waals surface area contributed by atoms with Gasteiger partial charge in [0.2, 0.25) is 0 Å². The van der Waals surface area contributed by atoms with Gasteiger partial charge in [0.05, 0.1) is 0 Å². The van der Waals surface area contributed by atoms with Crippen molar-refractivity contribution in [2.24, 2.45) is 0 Å². The van der Waals surface area contributed by atoms with E-state index in [0.717, 1.165) is 18.2 Å². The molecule has 92 valence electrons. The minimum absolute atomic E-state index is 0.0225. The van der Waals surface area contributed by atoms with Gasteiger partial charge in [-0.3, -0.25) is 4.98 Å². The van der Waals surface area contributed by atoms with Crippen LogP contribution < -0.4 is 5.32 Å². The van der Waals surface area contributed by atoms with Gasteiger partial charge in [-0.2, -0.15) is 0 Å². The molecule has 0 saturated carbocycles. The third-order valence-electron chi connectivity index (χ3n) is 2.53. The first kappa shape index (κ1) is 13.4. The summed E-state index contributed by atoms with van der Waals surface area (Å²) in [6.45, 7) is 5.56. The van der Waals surface area contributed by atoms with E-state index in [0.29, 0.717) is 6.54 Å². The van der Waals surface area contributed by atoms with Gasteiger partial charge in [0.15, 0.2) is 0 Å². The Balaban J connectivity index is 2.43. The Hall–Kier alpha value is -1.68. The maximum Gasteiger partial charge on any atom is 0.328 e. The zero-order valence-corrected chi connectivity index (χ0v) is 10.2. The van der Waals surface area contributed by atoms with Gasteiger partial charge in [-0.25, -0.2) is 4.79 Å². The number of carboxylic acids is 1. The molecule has 1 heterocycles. The van der Waals surface area contributed by atoms with Crippen molar-refractivity contribution < 1.29 is 9.90 Å². The number of pyridine rings is 1. The van der Waals surface area contributed by atoms with E-state index in [2.05, 4.69) is 24.1 Å². The summed E-state index contributed by atoms with van der Waals surface area (Å²) >= 11 is 0. The van der Waals surface area contributed by atoms with Crippen LogP contribution in [0.1, 0.15) is 19.4 Å². The highest BCUT2D eigenvalue weighted by molar-refractivity contribution is 5.79. The first-order chi connectivity index (χ1) is 8.02. The summed E-state index contributed by atoms with van der Waals surface area (Å²) in [6, 6.07) is 3.96. The van der Waals surface area contributed by atoms with Crippen LogP contribution >= 0.6 is 0 Å². The molecule has 0 aliphatic carbocycles. The van der Waals surface area contributed by atoms with Gasteiger partial charge in [-0.15, -0.1) is 0 Å². The molecule has 2 N–H and O–H groups in total. The van der Waals surface area contributed by atoms with Crippen molar-refractivity contribution in [1.29, 1.82) is 0 Å². The van der Waals surface area contributed by atoms with Gasteiger partial charge in [0.1, 0.15) is 0 Å². The smallest absolute Gasteiger partial charge is 0.328 e. The van der Waals surface area contributed by atoms with Crippen molar-refractivity contribution >= 4 is 5.97 Å². The molecule has 0 aliphatic rings. The van der Waals surface area contributed by atoms with Gasteiger partial charge >= 0.3 is 5.97 Å². The van der Waals surface area contributed by atoms with Crippen LogP contribution in [0.2, 0.25) is 0 Å². The maximum absolute atomic E-state index is 10.3. The molecule has 0 unspecified atom stereocenters. The van der Waals surface area contributed by atoms with Gasteiger partial charge in [0.25, 0.3) is 0 Å². The Kier molecular flexibility index (Phi) is 4.84. The third-order valence-corrected chi connectivity index (χ3v) is 2.53. The molecule has 0 aromatic carbocycles. The molecule has 0 radical (unpaired) electrons. The summed E-state index contributed by atoms with van der Waals surface area (Å²) in [4.78, 5) is 14.4. The summed E-state index contributed by atoms with van der Waals surface area (Å²) in [5, 5.41) is 11.6. The molecule has 0 spiro atoms. The van der Waals surface area contributed by atoms with E-state index in [1.165, 1.54) is 0 Å². The molecule has 1 aromatic rings. The van der Waals surface area contributed by atoms with Crippen molar-refractivity contribution in [3.63, 3.8) is 0 Å². The molecule has 4 heteroatoms. The van der Waals surface area contributed by atoms with E-state index in [9.17, 15) is 4.79 Å². The topological polar surface area (TPSA) is 62.2 Å². The lowest BCUT2D eigenvalue weighted by Crippen LogP contribution is -2.33. The van der Waals surface area contributed by atoms with E-state index in [-0.39, 0.29) is 5.41 Å². The van der Waals surface area contributed by atoms with Gasteiger partial charge in [-0.1, -0.05) is 26.0 Å². The molecule has 0 fully saturated rings. The summed E-state index contributed by atoms with van der Waals surface area (Å²) < 4.78 is 0. The first-order valence-corrected chi connectivity index (χ1v) is 5.53. The predicted molar refractivity (Wildman–Crippen MR) is 66.9 cm³/mol. The lowest BCUT2D eigenvalue weighted by Gasteiger charge is -2.24. The van der Waals surface area contributed by atoms with Gasteiger partial charge in [-0.05, 0) is 11.6 Å². The highest BCUT2D eigenvalue weighted by atomic mass is 16.4. The summed E-state index contributed by atoms with van der Waals surface area (Å²) in [5.41, 5.74) is 1.14. The first-order valence-electron chi connectivity index (χ1n) is 5.53. The fourth-order valence-electron chi connectivity index (χ4n) is 1.49. The van der Waals surface area contributed by atoms with Crippen LogP contribution in [0, 0.1) is 0 Å². The predicted octanol–water partition coefficient (Wildman–Crippen LogP) is 1.59. The van der Waals surface area contributed by atoms with Crippen molar-refractivity contribution in [2.45, 2.75) is 19.3 Å². The molecule has 1 rings (SSSR count). The van der Waals surface area contributed by atoms with Crippen LogP contribution in [-0.2, 0) is 10.2 Å². The Bertz CT molecular complexity index is 386. The number of carboxylic acid groups (broad SMARTS) is 1. The van der Waals surface area contributed by atoms with Gasteiger partial charge < -0.3 is 10.4 Å². The number of carbonyl (C=O) groups is 1. The Labute approximate surface area is 101 Å². The largest absolute Gasteiger partial charge is 0.478 e. The number of hydrogen-bond donors (Lipinski definition) is 2. The van der Waals surface area contributed by atoms with Crippen LogP contribution in [0.4, 0.5) is 0 Å². The summed E-state index contributed by atoms with van der Waals surface area (Å²) in [5.74, 6) is -0.918. The normalized spacial score (nSPS) is 11.9. The SMILES string of the molecule is CC(C)(CNC/C=C/C(=O)O)c1cccnc1. The second kappa shape index (κ2) is 6.15. The Morgan fingerprint density at radius 2 is 2.35 bits per heavy atom. The molecular formula is C13H18N2O2. The third kappa shape index (κ3) is 4.78. The molecule has 4 nitrogen and oxygen atoms in total. The zero-order valence-electron chi connectivity index (χ0n) is 10.2. The van der Waals surface area contributed by atoms with Crippen LogP contribution in [0.5, 0.6) is 0 Å². The number of nitrogens with zero attached hydrogens (tertiary/aromatic N) is 1. The average molecular weight is 234 g/mol. The molecule has 1 aromatic heterocycles. The molecule has 0 saturated heterocycles. The zero-order chi connectivity index (χ0) is 12.7. The number of rotatable bonds is 6. The van der Waals surface area contributed by atoms with E-state index in [1.807, 2.05) is 18.3 Å². The minimum Gasteiger partial charge on any atom is -0.478 e. The second-order valence-electron chi connectivity index (χ2n) is 4.50. The second-order valence-corrected chi connectivity index (χ2v) is 4.50. The number of nitrogens with one attached hydrogen (secondary N) is 1. The van der Waals surface area contributed by atoms with Crippen LogP contribution in [0.15, 0.2) is 36.7 Å². The standard InChI is InChI=1S/C13H18N2O2/c1-13(2,11-5-3-7-14-9-11)10-15-8-4-6-12(16)17/h3-7,9,15H,8,10H2,1-2H3,(H,16,17)/b6-4+. The molecule has 17 heavy (non-hydrogen) atoms. The monoisotopic (exact) mass is 234 g/mol. The quantitative estimate of drug-likeness (QED) is 0.579. The van der Waals surface area contributed by atoms with E-state index < -0.39 is 5.97 Å². The van der Waals surface area contributed by atoms with Crippen molar-refractivity contribution in [3.8, 4) is 0 Å². The van der Waals surface area contributed by atoms with Gasteiger partial charge in [0, 0.05) is 37.0 Å². The Morgan fingerprint density at radius 3 is 2.94 bits per heavy atom. The molecule has 0 amide bonds.